The van der Waals surface area contributed by atoms with Gasteiger partial charge < -0.3 is 0 Å². The zero-order valence-electron chi connectivity index (χ0n) is 8.85. The number of nitriles is 1. The molecule has 13 heavy (non-hydrogen) atoms. The van der Waals surface area contributed by atoms with Crippen LogP contribution in [0.25, 0.3) is 0 Å². The van der Waals surface area contributed by atoms with Crippen molar-refractivity contribution in [2.24, 2.45) is 16.7 Å². The Balaban J connectivity index is 2.96. The van der Waals surface area contributed by atoms with E-state index in [0.29, 0.717) is 6.42 Å². The van der Waals surface area contributed by atoms with Crippen LogP contribution in [-0.4, -0.2) is 5.78 Å². The van der Waals surface area contributed by atoms with Crippen LogP contribution in [0.5, 0.6) is 0 Å². The maximum atomic E-state index is 11.7. The Bertz CT molecular complexity index is 270. The van der Waals surface area contributed by atoms with Crippen molar-refractivity contribution in [1.82, 2.24) is 0 Å². The monoisotopic (exact) mass is 179 g/mol. The predicted octanol–water partition coefficient (Wildman–Crippen LogP) is 2.54. The number of ketones is 1. The van der Waals surface area contributed by atoms with Crippen molar-refractivity contribution in [1.29, 1.82) is 5.26 Å². The summed E-state index contributed by atoms with van der Waals surface area (Å²) < 4.78 is 0. The van der Waals surface area contributed by atoms with E-state index in [0.717, 1.165) is 6.42 Å². The molecule has 0 spiro atoms. The van der Waals surface area contributed by atoms with Gasteiger partial charge in [0.1, 0.15) is 5.92 Å². The van der Waals surface area contributed by atoms with Gasteiger partial charge in [0.05, 0.1) is 6.07 Å². The predicted molar refractivity (Wildman–Crippen MR) is 50.9 cm³/mol. The van der Waals surface area contributed by atoms with E-state index in [9.17, 15) is 4.79 Å². The summed E-state index contributed by atoms with van der Waals surface area (Å²) in [4.78, 5) is 11.7. The summed E-state index contributed by atoms with van der Waals surface area (Å²) in [5.74, 6) is -0.270. The Morgan fingerprint density at radius 1 is 1.38 bits per heavy atom. The molecule has 0 saturated heterocycles. The van der Waals surface area contributed by atoms with Gasteiger partial charge in [-0.15, -0.1) is 0 Å². The van der Waals surface area contributed by atoms with Gasteiger partial charge in [-0.05, 0) is 18.3 Å². The zero-order valence-corrected chi connectivity index (χ0v) is 8.85. The second-order valence-electron chi connectivity index (χ2n) is 5.47. The Hall–Kier alpha value is -0.840. The summed E-state index contributed by atoms with van der Waals surface area (Å²) in [5.41, 5.74) is -0.194. The van der Waals surface area contributed by atoms with Gasteiger partial charge in [-0.3, -0.25) is 4.79 Å². The molecule has 1 atom stereocenters. The number of hydrogen-bond donors (Lipinski definition) is 0. The summed E-state index contributed by atoms with van der Waals surface area (Å²) in [5, 5.41) is 8.86. The topological polar surface area (TPSA) is 40.9 Å². The van der Waals surface area contributed by atoms with Gasteiger partial charge in [-0.25, -0.2) is 0 Å². The van der Waals surface area contributed by atoms with Crippen molar-refractivity contribution in [2.45, 2.75) is 40.5 Å². The molecule has 2 heteroatoms. The van der Waals surface area contributed by atoms with E-state index in [1.165, 1.54) is 0 Å². The van der Waals surface area contributed by atoms with Gasteiger partial charge in [0.15, 0.2) is 5.78 Å². The molecule has 1 fully saturated rings. The van der Waals surface area contributed by atoms with Crippen molar-refractivity contribution >= 4 is 5.78 Å². The number of nitrogens with zero attached hydrogens (tertiary/aromatic N) is 1. The molecular formula is C11H17NO. The van der Waals surface area contributed by atoms with Crippen molar-refractivity contribution in [3.05, 3.63) is 0 Å². The van der Waals surface area contributed by atoms with Crippen LogP contribution in [0, 0.1) is 28.1 Å². The molecule has 1 aliphatic rings. The lowest BCUT2D eigenvalue weighted by Crippen LogP contribution is -2.42. The third kappa shape index (κ3) is 1.91. The van der Waals surface area contributed by atoms with Gasteiger partial charge in [-0.2, -0.15) is 5.26 Å². The minimum Gasteiger partial charge on any atom is -0.298 e. The van der Waals surface area contributed by atoms with Crippen LogP contribution >= 0.6 is 0 Å². The number of rotatable bonds is 0. The summed E-state index contributed by atoms with van der Waals surface area (Å²) in [6, 6.07) is 2.12. The van der Waals surface area contributed by atoms with Crippen molar-refractivity contribution < 1.29 is 4.79 Å². The highest BCUT2D eigenvalue weighted by molar-refractivity contribution is 5.89. The van der Waals surface area contributed by atoms with Gasteiger partial charge in [0, 0.05) is 5.41 Å². The number of hydrogen-bond acceptors (Lipinski definition) is 2. The Morgan fingerprint density at radius 3 is 2.38 bits per heavy atom. The minimum atomic E-state index is -0.390. The summed E-state index contributed by atoms with van der Waals surface area (Å²) in [6.07, 6.45) is 1.60. The molecule has 0 N–H and O–H groups in total. The van der Waals surface area contributed by atoms with Crippen molar-refractivity contribution in [2.75, 3.05) is 0 Å². The fourth-order valence-corrected chi connectivity index (χ4v) is 2.58. The van der Waals surface area contributed by atoms with Gasteiger partial charge in [0.25, 0.3) is 0 Å². The highest BCUT2D eigenvalue weighted by atomic mass is 16.1. The molecule has 0 bridgehead atoms. The lowest BCUT2D eigenvalue weighted by molar-refractivity contribution is -0.136. The van der Waals surface area contributed by atoms with Crippen LogP contribution < -0.4 is 0 Å². The minimum absolute atomic E-state index is 0.120. The molecule has 0 aromatic heterocycles. The molecule has 0 aromatic rings. The molecule has 1 aliphatic carbocycles. The summed E-state index contributed by atoms with van der Waals surface area (Å²) >= 11 is 0. The molecule has 1 saturated carbocycles. The first kappa shape index (κ1) is 10.2. The van der Waals surface area contributed by atoms with Crippen LogP contribution in [0.2, 0.25) is 0 Å². The average Bonchev–Trinajstić information content (AvgIpc) is 1.95. The van der Waals surface area contributed by atoms with Gasteiger partial charge in [-0.1, -0.05) is 27.7 Å². The van der Waals surface area contributed by atoms with E-state index in [2.05, 4.69) is 19.9 Å². The van der Waals surface area contributed by atoms with Gasteiger partial charge in [0.2, 0.25) is 0 Å². The highest BCUT2D eigenvalue weighted by Crippen LogP contribution is 2.45. The molecule has 0 aliphatic heterocycles. The fourth-order valence-electron chi connectivity index (χ4n) is 2.58. The van der Waals surface area contributed by atoms with E-state index in [1.807, 2.05) is 13.8 Å². The van der Waals surface area contributed by atoms with Crippen LogP contribution in [0.15, 0.2) is 0 Å². The second-order valence-corrected chi connectivity index (χ2v) is 5.47. The van der Waals surface area contributed by atoms with E-state index < -0.39 is 5.92 Å². The molecule has 1 unspecified atom stereocenters. The van der Waals surface area contributed by atoms with Crippen molar-refractivity contribution in [3.8, 4) is 6.07 Å². The molecule has 2 nitrogen and oxygen atoms in total. The molecular weight excluding hydrogens is 162 g/mol. The second kappa shape index (κ2) is 2.83. The van der Waals surface area contributed by atoms with Crippen LogP contribution in [0.4, 0.5) is 0 Å². The molecule has 1 rings (SSSR count). The van der Waals surface area contributed by atoms with Crippen LogP contribution in [-0.2, 0) is 4.79 Å². The third-order valence-corrected chi connectivity index (χ3v) is 2.82. The van der Waals surface area contributed by atoms with Crippen LogP contribution in [0.3, 0.4) is 0 Å². The van der Waals surface area contributed by atoms with E-state index >= 15 is 0 Å². The smallest absolute Gasteiger partial charge is 0.155 e. The maximum Gasteiger partial charge on any atom is 0.155 e. The Morgan fingerprint density at radius 2 is 1.92 bits per heavy atom. The normalized spacial score (nSPS) is 31.0. The quantitative estimate of drug-likeness (QED) is 0.573. The Labute approximate surface area is 79.9 Å². The van der Waals surface area contributed by atoms with Crippen LogP contribution in [0.1, 0.15) is 40.5 Å². The largest absolute Gasteiger partial charge is 0.298 e. The highest BCUT2D eigenvalue weighted by Gasteiger charge is 2.45. The number of Topliss-reactive ketones (excluding diaryl/α,β-unsaturated/α-hetero) is 1. The summed E-state index contributed by atoms with van der Waals surface area (Å²) in [7, 11) is 0. The first-order chi connectivity index (χ1) is 5.78. The first-order valence-corrected chi connectivity index (χ1v) is 4.72. The third-order valence-electron chi connectivity index (χ3n) is 2.82. The van der Waals surface area contributed by atoms with E-state index in [-0.39, 0.29) is 16.6 Å². The van der Waals surface area contributed by atoms with E-state index in [1.54, 1.807) is 0 Å². The fraction of sp³-hybridized carbons (Fsp3) is 0.818. The van der Waals surface area contributed by atoms with Crippen molar-refractivity contribution in [3.63, 3.8) is 0 Å². The SMILES string of the molecule is CC1(C)CC(C#N)C(=O)C(C)(C)C1. The lowest BCUT2D eigenvalue weighted by Gasteiger charge is -2.41. The molecule has 0 aromatic carbocycles. The van der Waals surface area contributed by atoms with Gasteiger partial charge >= 0.3 is 0 Å². The maximum absolute atomic E-state index is 11.7. The lowest BCUT2D eigenvalue weighted by atomic mass is 9.61. The summed E-state index contributed by atoms with van der Waals surface area (Å²) in [6.45, 7) is 8.15. The molecule has 72 valence electrons. The Kier molecular flexibility index (Phi) is 2.23. The number of carbonyl (C=O) groups excluding carboxylic acids is 1. The zero-order chi connectivity index (χ0) is 10.3. The number of carbonyl (C=O) groups is 1. The molecule has 0 heterocycles. The van der Waals surface area contributed by atoms with E-state index in [4.69, 9.17) is 5.26 Å². The molecule has 0 radical (unpaired) electrons. The average molecular weight is 179 g/mol. The first-order valence-electron chi connectivity index (χ1n) is 4.72. The molecule has 0 amide bonds. The standard InChI is InChI=1S/C11H17NO/c1-10(2)5-8(6-12)9(13)11(3,4)7-10/h8H,5,7H2,1-4H3.